The van der Waals surface area contributed by atoms with Crippen LogP contribution in [0, 0.1) is 5.82 Å². The summed E-state index contributed by atoms with van der Waals surface area (Å²) in [5, 5.41) is 12.1. The number of halogens is 1. The molecule has 2 unspecified atom stereocenters. The number of carboxylic acid groups (broad SMARTS) is 1. The van der Waals surface area contributed by atoms with Crippen LogP contribution in [0.4, 0.5) is 10.1 Å². The van der Waals surface area contributed by atoms with Crippen LogP contribution in [0.25, 0.3) is 0 Å². The summed E-state index contributed by atoms with van der Waals surface area (Å²) in [5.74, 6) is -1.13. The van der Waals surface area contributed by atoms with Crippen molar-refractivity contribution in [2.75, 3.05) is 18.0 Å². The molecule has 1 aliphatic rings. The minimum atomic E-state index is -0.836. The number of piperazine rings is 1. The van der Waals surface area contributed by atoms with Gasteiger partial charge in [0.15, 0.2) is 0 Å². The lowest BCUT2D eigenvalue weighted by atomic mass is 10.0. The largest absolute Gasteiger partial charge is 0.481 e. The number of benzene rings is 1. The van der Waals surface area contributed by atoms with Gasteiger partial charge < -0.3 is 15.3 Å². The number of carbonyl (C=O) groups is 1. The van der Waals surface area contributed by atoms with Gasteiger partial charge in [0.25, 0.3) is 0 Å². The molecule has 98 valence electrons. The van der Waals surface area contributed by atoms with Crippen LogP contribution in [0.5, 0.6) is 0 Å². The summed E-state index contributed by atoms with van der Waals surface area (Å²) in [5.41, 5.74) is 0.746. The van der Waals surface area contributed by atoms with Gasteiger partial charge in [-0.25, -0.2) is 4.39 Å². The summed E-state index contributed by atoms with van der Waals surface area (Å²) in [6, 6.07) is 6.31. The Morgan fingerprint density at radius 3 is 3.00 bits per heavy atom. The van der Waals surface area contributed by atoms with Gasteiger partial charge in [-0.3, -0.25) is 4.79 Å². The van der Waals surface area contributed by atoms with Crippen molar-refractivity contribution >= 4 is 11.7 Å². The second-order valence-corrected chi connectivity index (χ2v) is 4.65. The number of hydrogen-bond acceptors (Lipinski definition) is 3. The third-order valence-corrected chi connectivity index (χ3v) is 3.20. The van der Waals surface area contributed by atoms with Crippen molar-refractivity contribution in [2.45, 2.75) is 25.4 Å². The Hall–Kier alpha value is -1.62. The highest BCUT2D eigenvalue weighted by atomic mass is 19.1. The van der Waals surface area contributed by atoms with E-state index in [4.69, 9.17) is 5.11 Å². The first-order valence-electron chi connectivity index (χ1n) is 6.04. The summed E-state index contributed by atoms with van der Waals surface area (Å²) in [4.78, 5) is 12.9. The Morgan fingerprint density at radius 1 is 1.56 bits per heavy atom. The van der Waals surface area contributed by atoms with Gasteiger partial charge in [0.1, 0.15) is 5.82 Å². The highest BCUT2D eigenvalue weighted by molar-refractivity contribution is 5.69. The summed E-state index contributed by atoms with van der Waals surface area (Å²) in [6.07, 6.45) is 0.0495. The molecule has 2 rings (SSSR count). The van der Waals surface area contributed by atoms with Gasteiger partial charge in [-0.05, 0) is 25.1 Å². The number of nitrogens with zero attached hydrogens (tertiary/aromatic N) is 1. The molecule has 1 aliphatic heterocycles. The van der Waals surface area contributed by atoms with Gasteiger partial charge in [0.2, 0.25) is 0 Å². The van der Waals surface area contributed by atoms with E-state index in [1.807, 2.05) is 17.9 Å². The number of nitrogens with one attached hydrogen (secondary N) is 1. The molecule has 1 aromatic rings. The van der Waals surface area contributed by atoms with Crippen molar-refractivity contribution in [1.82, 2.24) is 5.32 Å². The summed E-state index contributed by atoms with van der Waals surface area (Å²) < 4.78 is 13.3. The molecule has 1 aromatic carbocycles. The predicted molar refractivity (Wildman–Crippen MR) is 67.3 cm³/mol. The summed E-state index contributed by atoms with van der Waals surface area (Å²) in [7, 11) is 0. The fourth-order valence-electron chi connectivity index (χ4n) is 2.49. The maximum absolute atomic E-state index is 13.3. The molecule has 1 fully saturated rings. The Balaban J connectivity index is 2.26. The zero-order valence-corrected chi connectivity index (χ0v) is 10.3. The minimum absolute atomic E-state index is 0.0495. The first-order chi connectivity index (χ1) is 8.58. The molecule has 0 radical (unpaired) electrons. The Morgan fingerprint density at radius 2 is 2.33 bits per heavy atom. The second-order valence-electron chi connectivity index (χ2n) is 4.65. The molecule has 0 aromatic heterocycles. The SMILES string of the molecule is CC1CNCC(CC(=O)O)N1c1cccc(F)c1. The van der Waals surface area contributed by atoms with E-state index in [9.17, 15) is 9.18 Å². The first kappa shape index (κ1) is 12.8. The molecule has 1 heterocycles. The van der Waals surface area contributed by atoms with Crippen molar-refractivity contribution in [2.24, 2.45) is 0 Å². The van der Waals surface area contributed by atoms with Gasteiger partial charge in [-0.2, -0.15) is 0 Å². The van der Waals surface area contributed by atoms with Crippen molar-refractivity contribution in [3.8, 4) is 0 Å². The molecule has 0 amide bonds. The van der Waals surface area contributed by atoms with Crippen LogP contribution >= 0.6 is 0 Å². The molecule has 2 atom stereocenters. The van der Waals surface area contributed by atoms with E-state index in [0.717, 1.165) is 12.2 Å². The zero-order valence-electron chi connectivity index (χ0n) is 10.3. The standard InChI is InChI=1S/C13H17FN2O2/c1-9-7-15-8-12(6-13(17)18)16(9)11-4-2-3-10(14)5-11/h2-5,9,12,15H,6-8H2,1H3,(H,17,18). The van der Waals surface area contributed by atoms with Crippen LogP contribution in [0.3, 0.4) is 0 Å². The third kappa shape index (κ3) is 2.79. The number of anilines is 1. The molecule has 1 saturated heterocycles. The Bertz CT molecular complexity index is 439. The number of carboxylic acids is 1. The molecule has 5 heteroatoms. The lowest BCUT2D eigenvalue weighted by Crippen LogP contribution is -2.57. The molecule has 0 spiro atoms. The lowest BCUT2D eigenvalue weighted by molar-refractivity contribution is -0.137. The van der Waals surface area contributed by atoms with Crippen LogP contribution in [0.1, 0.15) is 13.3 Å². The monoisotopic (exact) mass is 252 g/mol. The Kier molecular flexibility index (Phi) is 3.81. The molecule has 0 bridgehead atoms. The van der Waals surface area contributed by atoms with Crippen molar-refractivity contribution in [1.29, 1.82) is 0 Å². The van der Waals surface area contributed by atoms with E-state index in [-0.39, 0.29) is 24.3 Å². The molecular weight excluding hydrogens is 235 g/mol. The molecule has 0 aliphatic carbocycles. The molecular formula is C13H17FN2O2. The molecule has 2 N–H and O–H groups in total. The van der Waals surface area contributed by atoms with E-state index >= 15 is 0 Å². The second kappa shape index (κ2) is 5.35. The maximum atomic E-state index is 13.3. The van der Waals surface area contributed by atoms with Crippen LogP contribution in [-0.2, 0) is 4.79 Å². The zero-order chi connectivity index (χ0) is 13.1. The average molecular weight is 252 g/mol. The number of rotatable bonds is 3. The smallest absolute Gasteiger partial charge is 0.305 e. The van der Waals surface area contributed by atoms with E-state index in [2.05, 4.69) is 5.32 Å². The summed E-state index contributed by atoms with van der Waals surface area (Å²) in [6.45, 7) is 3.38. The van der Waals surface area contributed by atoms with Gasteiger partial charge in [-0.1, -0.05) is 6.07 Å². The topological polar surface area (TPSA) is 52.6 Å². The first-order valence-corrected chi connectivity index (χ1v) is 6.04. The molecule has 18 heavy (non-hydrogen) atoms. The average Bonchev–Trinajstić information content (AvgIpc) is 2.28. The quantitative estimate of drug-likeness (QED) is 0.855. The van der Waals surface area contributed by atoms with Crippen LogP contribution in [0.2, 0.25) is 0 Å². The van der Waals surface area contributed by atoms with E-state index in [1.54, 1.807) is 6.07 Å². The number of aliphatic carboxylic acids is 1. The van der Waals surface area contributed by atoms with E-state index in [0.29, 0.717) is 6.54 Å². The maximum Gasteiger partial charge on any atom is 0.305 e. The van der Waals surface area contributed by atoms with Gasteiger partial charge >= 0.3 is 5.97 Å². The predicted octanol–water partition coefficient (Wildman–Crippen LogP) is 1.47. The van der Waals surface area contributed by atoms with E-state index in [1.165, 1.54) is 12.1 Å². The van der Waals surface area contributed by atoms with Gasteiger partial charge in [0, 0.05) is 24.8 Å². The van der Waals surface area contributed by atoms with Gasteiger partial charge in [0.05, 0.1) is 12.5 Å². The van der Waals surface area contributed by atoms with Crippen LogP contribution < -0.4 is 10.2 Å². The van der Waals surface area contributed by atoms with Gasteiger partial charge in [-0.15, -0.1) is 0 Å². The molecule has 0 saturated carbocycles. The van der Waals surface area contributed by atoms with Crippen molar-refractivity contribution < 1.29 is 14.3 Å². The minimum Gasteiger partial charge on any atom is -0.481 e. The highest BCUT2D eigenvalue weighted by Gasteiger charge is 2.29. The third-order valence-electron chi connectivity index (χ3n) is 3.20. The fraction of sp³-hybridized carbons (Fsp3) is 0.462. The van der Waals surface area contributed by atoms with Crippen molar-refractivity contribution in [3.63, 3.8) is 0 Å². The molecule has 4 nitrogen and oxygen atoms in total. The number of hydrogen-bond donors (Lipinski definition) is 2. The van der Waals surface area contributed by atoms with Crippen LogP contribution in [0.15, 0.2) is 24.3 Å². The van der Waals surface area contributed by atoms with E-state index < -0.39 is 5.97 Å². The fourth-order valence-corrected chi connectivity index (χ4v) is 2.49. The van der Waals surface area contributed by atoms with Crippen molar-refractivity contribution in [3.05, 3.63) is 30.1 Å². The lowest BCUT2D eigenvalue weighted by Gasteiger charge is -2.42. The Labute approximate surface area is 105 Å². The normalized spacial score (nSPS) is 24.0. The summed E-state index contributed by atoms with van der Waals surface area (Å²) >= 11 is 0. The highest BCUT2D eigenvalue weighted by Crippen LogP contribution is 2.24. The van der Waals surface area contributed by atoms with Crippen LogP contribution in [-0.4, -0.2) is 36.2 Å².